The maximum Gasteiger partial charge on any atom is 0.204 e. The molecule has 146 valence electrons. The highest BCUT2D eigenvalue weighted by Crippen LogP contribution is 2.24. The first-order valence-corrected chi connectivity index (χ1v) is 9.41. The Morgan fingerprint density at radius 2 is 1.71 bits per heavy atom. The summed E-state index contributed by atoms with van der Waals surface area (Å²) in [6, 6.07) is 16.6. The molecule has 1 aliphatic rings. The van der Waals surface area contributed by atoms with Crippen LogP contribution >= 0.6 is 0 Å². The van der Waals surface area contributed by atoms with Crippen LogP contribution in [0.1, 0.15) is 18.1 Å². The zero-order valence-corrected chi connectivity index (χ0v) is 16.0. The molecule has 6 heteroatoms. The summed E-state index contributed by atoms with van der Waals surface area (Å²) < 4.78 is 16.7. The zero-order chi connectivity index (χ0) is 19.2. The summed E-state index contributed by atoms with van der Waals surface area (Å²) in [5.74, 6) is 1.61. The fraction of sp³-hybridized carbons (Fsp3) is 0.318. The molecule has 2 N–H and O–H groups in total. The van der Waals surface area contributed by atoms with Gasteiger partial charge in [0.25, 0.3) is 0 Å². The molecular formula is C22H25N3O3. The summed E-state index contributed by atoms with van der Waals surface area (Å²) in [6.45, 7) is 4.40. The molecule has 0 radical (unpaired) electrons. The second kappa shape index (κ2) is 8.46. The molecule has 0 aliphatic carbocycles. The first-order valence-electron chi connectivity index (χ1n) is 9.41. The predicted octanol–water partition coefficient (Wildman–Crippen LogP) is 4.13. The van der Waals surface area contributed by atoms with Crippen molar-refractivity contribution in [1.29, 1.82) is 0 Å². The minimum Gasteiger partial charge on any atom is -0.493 e. The van der Waals surface area contributed by atoms with Gasteiger partial charge in [0.15, 0.2) is 0 Å². The lowest BCUT2D eigenvalue weighted by atomic mass is 9.94. The van der Waals surface area contributed by atoms with E-state index in [4.69, 9.17) is 14.2 Å². The first kappa shape index (κ1) is 18.5. The number of aromatic amines is 1. The highest BCUT2D eigenvalue weighted by molar-refractivity contribution is 5.53. The molecule has 1 saturated heterocycles. The summed E-state index contributed by atoms with van der Waals surface area (Å²) in [6.07, 6.45) is 4.39. The van der Waals surface area contributed by atoms with Crippen LogP contribution in [0, 0.1) is 5.41 Å². The van der Waals surface area contributed by atoms with Gasteiger partial charge in [-0.1, -0.05) is 31.2 Å². The van der Waals surface area contributed by atoms with Crippen molar-refractivity contribution in [2.45, 2.75) is 13.3 Å². The Balaban J connectivity index is 1.30. The van der Waals surface area contributed by atoms with Crippen molar-refractivity contribution >= 4 is 11.6 Å². The summed E-state index contributed by atoms with van der Waals surface area (Å²) >= 11 is 0. The van der Waals surface area contributed by atoms with E-state index in [0.29, 0.717) is 26.6 Å². The van der Waals surface area contributed by atoms with Gasteiger partial charge in [0, 0.05) is 23.5 Å². The molecule has 0 amide bonds. The average molecular weight is 379 g/mol. The third-order valence-electron chi connectivity index (χ3n) is 4.70. The molecule has 0 bridgehead atoms. The molecule has 4 rings (SSSR count). The smallest absolute Gasteiger partial charge is 0.204 e. The molecule has 1 aliphatic heterocycles. The van der Waals surface area contributed by atoms with Crippen molar-refractivity contribution in [1.82, 2.24) is 9.97 Å². The zero-order valence-electron chi connectivity index (χ0n) is 16.0. The van der Waals surface area contributed by atoms with Gasteiger partial charge in [-0.3, -0.25) is 0 Å². The highest BCUT2D eigenvalue weighted by atomic mass is 16.7. The van der Waals surface area contributed by atoms with Gasteiger partial charge in [-0.2, -0.15) is 0 Å². The summed E-state index contributed by atoms with van der Waals surface area (Å²) in [5, 5.41) is 3.23. The third kappa shape index (κ3) is 4.91. The van der Waals surface area contributed by atoms with E-state index < -0.39 is 0 Å². The number of hydrogen-bond donors (Lipinski definition) is 2. The van der Waals surface area contributed by atoms with Gasteiger partial charge >= 0.3 is 0 Å². The Bertz CT molecular complexity index is 855. The number of imidazole rings is 1. The van der Waals surface area contributed by atoms with Crippen LogP contribution in [0.15, 0.2) is 60.9 Å². The lowest BCUT2D eigenvalue weighted by Gasteiger charge is -2.32. The minimum atomic E-state index is -0.0949. The standard InChI is InChI=1S/C22H25N3O3/c1-22(13-26-16-27-14-22)15-28-20-8-4-18(5-9-20)12-17-2-6-19(7-3-17)25-21-23-10-11-24-21/h2-11H,12-16H2,1H3,(H2,23,24,25). The number of anilines is 2. The summed E-state index contributed by atoms with van der Waals surface area (Å²) in [4.78, 5) is 7.20. The van der Waals surface area contributed by atoms with Gasteiger partial charge in [0.1, 0.15) is 12.5 Å². The molecule has 2 heterocycles. The van der Waals surface area contributed by atoms with E-state index in [-0.39, 0.29) is 5.41 Å². The molecule has 6 nitrogen and oxygen atoms in total. The number of benzene rings is 2. The van der Waals surface area contributed by atoms with Gasteiger partial charge < -0.3 is 24.5 Å². The number of rotatable bonds is 7. The van der Waals surface area contributed by atoms with Crippen molar-refractivity contribution in [3.8, 4) is 5.75 Å². The van der Waals surface area contributed by atoms with Crippen LogP contribution in [-0.4, -0.2) is 36.6 Å². The second-order valence-electron chi connectivity index (χ2n) is 7.49. The molecule has 1 fully saturated rings. The van der Waals surface area contributed by atoms with Crippen molar-refractivity contribution < 1.29 is 14.2 Å². The number of H-pyrrole nitrogens is 1. The predicted molar refractivity (Wildman–Crippen MR) is 108 cm³/mol. The molecule has 2 aromatic carbocycles. The van der Waals surface area contributed by atoms with Crippen LogP contribution in [-0.2, 0) is 15.9 Å². The number of aromatic nitrogens is 2. The second-order valence-corrected chi connectivity index (χ2v) is 7.49. The van der Waals surface area contributed by atoms with E-state index in [1.807, 2.05) is 12.1 Å². The van der Waals surface area contributed by atoms with Gasteiger partial charge in [-0.25, -0.2) is 4.98 Å². The lowest BCUT2D eigenvalue weighted by Crippen LogP contribution is -2.39. The molecule has 3 aromatic rings. The fourth-order valence-electron chi connectivity index (χ4n) is 3.13. The van der Waals surface area contributed by atoms with Crippen molar-refractivity contribution in [3.05, 3.63) is 72.1 Å². The van der Waals surface area contributed by atoms with Crippen molar-refractivity contribution in [2.24, 2.45) is 5.41 Å². The topological polar surface area (TPSA) is 68.4 Å². The molecule has 0 atom stereocenters. The highest BCUT2D eigenvalue weighted by Gasteiger charge is 2.29. The normalized spacial score (nSPS) is 15.9. The quantitative estimate of drug-likeness (QED) is 0.646. The lowest BCUT2D eigenvalue weighted by molar-refractivity contribution is -0.167. The van der Waals surface area contributed by atoms with Crippen molar-refractivity contribution in [2.75, 3.05) is 31.9 Å². The number of ether oxygens (including phenoxy) is 3. The minimum absolute atomic E-state index is 0.0949. The van der Waals surface area contributed by atoms with E-state index in [2.05, 4.69) is 58.6 Å². The molecule has 0 spiro atoms. The Morgan fingerprint density at radius 3 is 2.36 bits per heavy atom. The molecule has 0 saturated carbocycles. The van der Waals surface area contributed by atoms with Gasteiger partial charge in [-0.05, 0) is 41.8 Å². The summed E-state index contributed by atoms with van der Waals surface area (Å²) in [5.41, 5.74) is 3.41. The Kier molecular flexibility index (Phi) is 5.60. The Labute approximate surface area is 164 Å². The van der Waals surface area contributed by atoms with Crippen LogP contribution < -0.4 is 10.1 Å². The van der Waals surface area contributed by atoms with Crippen molar-refractivity contribution in [3.63, 3.8) is 0 Å². The third-order valence-corrected chi connectivity index (χ3v) is 4.70. The van der Waals surface area contributed by atoms with E-state index >= 15 is 0 Å². The Hall–Kier alpha value is -2.83. The van der Waals surface area contributed by atoms with Crippen LogP contribution in [0.5, 0.6) is 5.75 Å². The van der Waals surface area contributed by atoms with Crippen LogP contribution in [0.4, 0.5) is 11.6 Å². The monoisotopic (exact) mass is 379 g/mol. The van der Waals surface area contributed by atoms with Crippen LogP contribution in [0.25, 0.3) is 0 Å². The molecule has 0 unspecified atom stereocenters. The SMILES string of the molecule is CC1(COc2ccc(Cc3ccc(Nc4ncc[nH]4)cc3)cc2)COCOC1. The van der Waals surface area contributed by atoms with Gasteiger partial charge in [0.2, 0.25) is 5.95 Å². The maximum absolute atomic E-state index is 5.94. The molecular weight excluding hydrogens is 354 g/mol. The number of hydrogen-bond acceptors (Lipinski definition) is 5. The number of nitrogens with one attached hydrogen (secondary N) is 2. The van der Waals surface area contributed by atoms with Crippen LogP contribution in [0.2, 0.25) is 0 Å². The van der Waals surface area contributed by atoms with Crippen LogP contribution in [0.3, 0.4) is 0 Å². The largest absolute Gasteiger partial charge is 0.493 e. The van der Waals surface area contributed by atoms with Gasteiger partial charge in [-0.15, -0.1) is 0 Å². The average Bonchev–Trinajstić information content (AvgIpc) is 3.23. The number of nitrogens with zero attached hydrogens (tertiary/aromatic N) is 1. The van der Waals surface area contributed by atoms with Gasteiger partial charge in [0.05, 0.1) is 19.8 Å². The maximum atomic E-state index is 5.94. The summed E-state index contributed by atoms with van der Waals surface area (Å²) in [7, 11) is 0. The first-order chi connectivity index (χ1) is 13.7. The Morgan fingerprint density at radius 1 is 1.04 bits per heavy atom. The van der Waals surface area contributed by atoms with E-state index in [1.54, 1.807) is 12.4 Å². The van der Waals surface area contributed by atoms with E-state index in [1.165, 1.54) is 11.1 Å². The van der Waals surface area contributed by atoms with E-state index in [9.17, 15) is 0 Å². The molecule has 1 aromatic heterocycles. The molecule has 28 heavy (non-hydrogen) atoms. The van der Waals surface area contributed by atoms with E-state index in [0.717, 1.165) is 23.8 Å². The fourth-order valence-corrected chi connectivity index (χ4v) is 3.13.